The van der Waals surface area contributed by atoms with E-state index < -0.39 is 11.0 Å². The van der Waals surface area contributed by atoms with Gasteiger partial charge in [-0.05, 0) is 37.1 Å². The van der Waals surface area contributed by atoms with Crippen molar-refractivity contribution in [1.82, 2.24) is 10.2 Å². The van der Waals surface area contributed by atoms with Crippen LogP contribution in [0, 0.1) is 10.1 Å². The predicted octanol–water partition coefficient (Wildman–Crippen LogP) is 2.42. The van der Waals surface area contributed by atoms with Crippen LogP contribution in [0.3, 0.4) is 0 Å². The number of nitro groups is 1. The van der Waals surface area contributed by atoms with Crippen LogP contribution in [0.2, 0.25) is 0 Å². The second-order valence-electron chi connectivity index (χ2n) is 5.82. The number of rotatable bonds is 6. The Morgan fingerprint density at radius 2 is 2.12 bits per heavy atom. The Kier molecular flexibility index (Phi) is 6.58. The number of hydrogen-bond acceptors (Lipinski definition) is 5. The number of benzene rings is 1. The fourth-order valence-corrected chi connectivity index (χ4v) is 3.45. The largest absolute Gasteiger partial charge is 0.352 e. The zero-order valence-corrected chi connectivity index (χ0v) is 15.0. The summed E-state index contributed by atoms with van der Waals surface area (Å²) >= 11 is 1.54. The second-order valence-corrected chi connectivity index (χ2v) is 6.82. The van der Waals surface area contributed by atoms with E-state index in [1.807, 2.05) is 13.8 Å². The van der Waals surface area contributed by atoms with E-state index in [4.69, 9.17) is 0 Å². The van der Waals surface area contributed by atoms with Gasteiger partial charge in [0.05, 0.1) is 10.8 Å². The van der Waals surface area contributed by atoms with Crippen molar-refractivity contribution in [2.45, 2.75) is 32.4 Å². The Morgan fingerprint density at radius 3 is 2.72 bits per heavy atom. The van der Waals surface area contributed by atoms with Crippen molar-refractivity contribution in [3.05, 3.63) is 46.0 Å². The maximum absolute atomic E-state index is 12.4. The monoisotopic (exact) mass is 363 g/mol. The van der Waals surface area contributed by atoms with E-state index in [0.717, 1.165) is 6.42 Å². The maximum Gasteiger partial charge on any atom is 0.269 e. The molecular formula is C17H21N3O4S. The Balaban J connectivity index is 2.01. The topological polar surface area (TPSA) is 92.6 Å². The van der Waals surface area contributed by atoms with Crippen LogP contribution in [-0.4, -0.2) is 45.4 Å². The number of hydrogen-bond donors (Lipinski definition) is 1. The first kappa shape index (κ1) is 19.0. The summed E-state index contributed by atoms with van der Waals surface area (Å²) in [7, 11) is 0. The molecule has 1 aliphatic rings. The number of carbonyl (C=O) groups is 2. The van der Waals surface area contributed by atoms with Crippen molar-refractivity contribution in [3.8, 4) is 0 Å². The average Bonchev–Trinajstić information content (AvgIpc) is 3.09. The number of nitrogens with zero attached hydrogens (tertiary/aromatic N) is 2. The van der Waals surface area contributed by atoms with Crippen molar-refractivity contribution in [2.24, 2.45) is 0 Å². The van der Waals surface area contributed by atoms with Crippen molar-refractivity contribution in [3.63, 3.8) is 0 Å². The summed E-state index contributed by atoms with van der Waals surface area (Å²) in [5.74, 6) is 0.686. The van der Waals surface area contributed by atoms with Gasteiger partial charge < -0.3 is 10.2 Å². The molecule has 0 radical (unpaired) electrons. The molecule has 0 spiro atoms. The summed E-state index contributed by atoms with van der Waals surface area (Å²) in [6.07, 6.45) is 3.83. The Labute approximate surface area is 150 Å². The summed E-state index contributed by atoms with van der Waals surface area (Å²) in [6, 6.07) is 5.54. The number of carbonyl (C=O) groups excluding carboxylic acids is 2. The number of nitro benzene ring substituents is 1. The van der Waals surface area contributed by atoms with E-state index in [1.54, 1.807) is 34.9 Å². The van der Waals surface area contributed by atoms with Crippen LogP contribution < -0.4 is 5.32 Å². The summed E-state index contributed by atoms with van der Waals surface area (Å²) in [4.78, 5) is 36.4. The molecule has 0 saturated carbocycles. The van der Waals surface area contributed by atoms with Crippen molar-refractivity contribution >= 4 is 35.3 Å². The highest BCUT2D eigenvalue weighted by Crippen LogP contribution is 2.22. The number of non-ortho nitro benzene ring substituents is 1. The number of thioether (sulfide) groups is 1. The highest BCUT2D eigenvalue weighted by Gasteiger charge is 2.33. The number of amides is 2. The van der Waals surface area contributed by atoms with Gasteiger partial charge in [0.25, 0.3) is 5.69 Å². The van der Waals surface area contributed by atoms with E-state index in [0.29, 0.717) is 17.2 Å². The van der Waals surface area contributed by atoms with E-state index >= 15 is 0 Å². The first-order chi connectivity index (χ1) is 11.9. The van der Waals surface area contributed by atoms with Crippen molar-refractivity contribution in [1.29, 1.82) is 0 Å². The standard InChI is InChI=1S/C17H21N3O4S/c1-3-12(2)18-17(22)15-10-25-11-19(15)16(21)9-6-13-4-7-14(8-5-13)20(23)24/h4-9,12,15H,3,10-11H2,1-2H3,(H,18,22). The molecule has 1 aromatic rings. The smallest absolute Gasteiger partial charge is 0.269 e. The predicted molar refractivity (Wildman–Crippen MR) is 98.0 cm³/mol. The van der Waals surface area contributed by atoms with E-state index in [1.165, 1.54) is 18.2 Å². The van der Waals surface area contributed by atoms with E-state index in [2.05, 4.69) is 5.32 Å². The first-order valence-electron chi connectivity index (χ1n) is 8.03. The lowest BCUT2D eigenvalue weighted by atomic mass is 10.2. The van der Waals surface area contributed by atoms with Gasteiger partial charge in [-0.2, -0.15) is 0 Å². The van der Waals surface area contributed by atoms with E-state index in [9.17, 15) is 19.7 Å². The minimum Gasteiger partial charge on any atom is -0.352 e. The fraction of sp³-hybridized carbons (Fsp3) is 0.412. The normalized spacial score (nSPS) is 18.3. The molecule has 0 aromatic heterocycles. The van der Waals surface area contributed by atoms with Crippen LogP contribution in [0.5, 0.6) is 0 Å². The first-order valence-corrected chi connectivity index (χ1v) is 9.19. The summed E-state index contributed by atoms with van der Waals surface area (Å²) < 4.78 is 0. The van der Waals surface area contributed by atoms with Gasteiger partial charge in [0, 0.05) is 30.0 Å². The zero-order chi connectivity index (χ0) is 18.4. The summed E-state index contributed by atoms with van der Waals surface area (Å²) in [5.41, 5.74) is 0.688. The molecule has 2 unspecified atom stereocenters. The van der Waals surface area contributed by atoms with Gasteiger partial charge in [0.1, 0.15) is 6.04 Å². The molecule has 0 bridgehead atoms. The molecule has 7 nitrogen and oxygen atoms in total. The molecule has 1 aromatic carbocycles. The third kappa shape index (κ3) is 5.06. The van der Waals surface area contributed by atoms with Crippen molar-refractivity contribution in [2.75, 3.05) is 11.6 Å². The van der Waals surface area contributed by atoms with Gasteiger partial charge in [0.2, 0.25) is 11.8 Å². The van der Waals surface area contributed by atoms with Gasteiger partial charge in [-0.15, -0.1) is 11.8 Å². The lowest BCUT2D eigenvalue weighted by Crippen LogP contribution is -2.48. The van der Waals surface area contributed by atoms with Crippen LogP contribution in [-0.2, 0) is 9.59 Å². The van der Waals surface area contributed by atoms with Crippen molar-refractivity contribution < 1.29 is 14.5 Å². The molecule has 25 heavy (non-hydrogen) atoms. The van der Waals surface area contributed by atoms with Crippen LogP contribution in [0.4, 0.5) is 5.69 Å². The fourth-order valence-electron chi connectivity index (χ4n) is 2.29. The molecule has 1 N–H and O–H groups in total. The molecule has 1 heterocycles. The highest BCUT2D eigenvalue weighted by molar-refractivity contribution is 7.99. The highest BCUT2D eigenvalue weighted by atomic mass is 32.2. The third-order valence-electron chi connectivity index (χ3n) is 3.99. The lowest BCUT2D eigenvalue weighted by molar-refractivity contribution is -0.384. The summed E-state index contributed by atoms with van der Waals surface area (Å²) in [5, 5.41) is 13.5. The van der Waals surface area contributed by atoms with Crippen LogP contribution in [0.15, 0.2) is 30.3 Å². The Hall–Kier alpha value is -2.35. The molecule has 2 rings (SSSR count). The van der Waals surface area contributed by atoms with Crippen LogP contribution in [0.1, 0.15) is 25.8 Å². The Bertz CT molecular complexity index is 675. The van der Waals surface area contributed by atoms with Gasteiger partial charge in [0.15, 0.2) is 0 Å². The minimum absolute atomic E-state index is 0.00111. The summed E-state index contributed by atoms with van der Waals surface area (Å²) in [6.45, 7) is 3.92. The molecule has 0 aliphatic carbocycles. The molecule has 2 atom stereocenters. The van der Waals surface area contributed by atoms with Gasteiger partial charge >= 0.3 is 0 Å². The molecule has 134 valence electrons. The van der Waals surface area contributed by atoms with Gasteiger partial charge in [-0.1, -0.05) is 6.92 Å². The number of nitrogens with one attached hydrogen (secondary N) is 1. The Morgan fingerprint density at radius 1 is 1.44 bits per heavy atom. The molecule has 8 heteroatoms. The van der Waals surface area contributed by atoms with Crippen LogP contribution >= 0.6 is 11.8 Å². The molecule has 1 aliphatic heterocycles. The molecule has 1 saturated heterocycles. The minimum atomic E-state index is -0.472. The second kappa shape index (κ2) is 8.66. The third-order valence-corrected chi connectivity index (χ3v) is 5.00. The lowest BCUT2D eigenvalue weighted by Gasteiger charge is -2.23. The van der Waals surface area contributed by atoms with Crippen LogP contribution in [0.25, 0.3) is 6.08 Å². The van der Waals surface area contributed by atoms with E-state index in [-0.39, 0.29) is 23.5 Å². The SMILES string of the molecule is CCC(C)NC(=O)C1CSCN1C(=O)C=Cc1ccc([N+](=O)[O-])cc1. The molecule has 1 fully saturated rings. The zero-order valence-electron chi connectivity index (χ0n) is 14.2. The van der Waals surface area contributed by atoms with Gasteiger partial charge in [-0.25, -0.2) is 0 Å². The maximum atomic E-state index is 12.4. The average molecular weight is 363 g/mol. The van der Waals surface area contributed by atoms with Gasteiger partial charge in [-0.3, -0.25) is 19.7 Å². The quantitative estimate of drug-likeness (QED) is 0.476. The molecular weight excluding hydrogens is 342 g/mol. The molecule has 2 amide bonds.